The van der Waals surface area contributed by atoms with Crippen molar-refractivity contribution in [3.05, 3.63) is 95.1 Å². The Bertz CT molecular complexity index is 1390. The number of rotatable bonds is 11. The molecule has 2 aromatic carbocycles. The Morgan fingerprint density at radius 2 is 1.74 bits per heavy atom. The lowest BCUT2D eigenvalue weighted by atomic mass is 9.86. The molecule has 3 heterocycles. The smallest absolute Gasteiger partial charge is 0.311 e. The minimum atomic E-state index is -0.537. The third kappa shape index (κ3) is 8.54. The van der Waals surface area contributed by atoms with Gasteiger partial charge in [0.2, 0.25) is 0 Å². The fourth-order valence-corrected chi connectivity index (χ4v) is 6.22. The quantitative estimate of drug-likeness (QED) is 0.167. The Hall–Kier alpha value is -3.51. The first-order valence-electron chi connectivity index (χ1n) is 16.0. The first-order chi connectivity index (χ1) is 20.8. The maximum Gasteiger partial charge on any atom is 0.311 e. The van der Waals surface area contributed by atoms with Crippen LogP contribution in [0.25, 0.3) is 5.57 Å². The van der Waals surface area contributed by atoms with E-state index in [9.17, 15) is 9.18 Å². The van der Waals surface area contributed by atoms with E-state index in [1.54, 1.807) is 12.4 Å². The van der Waals surface area contributed by atoms with E-state index in [0.29, 0.717) is 12.2 Å². The highest BCUT2D eigenvalue weighted by Crippen LogP contribution is 2.46. The van der Waals surface area contributed by atoms with Gasteiger partial charge in [0.05, 0.1) is 5.56 Å². The number of pyridine rings is 1. The van der Waals surface area contributed by atoms with Gasteiger partial charge < -0.3 is 14.4 Å². The third-order valence-corrected chi connectivity index (χ3v) is 8.58. The number of carbonyl (C=O) groups is 1. The van der Waals surface area contributed by atoms with Crippen LogP contribution in [0.5, 0.6) is 11.5 Å². The number of carbonyl (C=O) groups excluding carboxylic acids is 1. The second-order valence-corrected chi connectivity index (χ2v) is 12.6. The van der Waals surface area contributed by atoms with Crippen LogP contribution < -0.4 is 9.47 Å². The van der Waals surface area contributed by atoms with Crippen molar-refractivity contribution in [2.75, 3.05) is 19.6 Å². The molecule has 228 valence electrons. The summed E-state index contributed by atoms with van der Waals surface area (Å²) in [5.41, 5.74) is 4.48. The van der Waals surface area contributed by atoms with Crippen LogP contribution in [0, 0.1) is 5.82 Å². The van der Waals surface area contributed by atoms with Crippen molar-refractivity contribution in [1.82, 2.24) is 9.88 Å². The van der Waals surface area contributed by atoms with E-state index in [1.165, 1.54) is 37.8 Å². The van der Waals surface area contributed by atoms with Crippen molar-refractivity contribution in [3.8, 4) is 11.5 Å². The van der Waals surface area contributed by atoms with Crippen LogP contribution in [0.15, 0.2) is 67.0 Å². The molecule has 5 nitrogen and oxygen atoms in total. The monoisotopic (exact) mass is 584 g/mol. The number of aryl methyl sites for hydroxylation is 1. The minimum absolute atomic E-state index is 0.210. The van der Waals surface area contributed by atoms with Crippen LogP contribution in [-0.4, -0.2) is 41.1 Å². The maximum atomic E-state index is 13.3. The summed E-state index contributed by atoms with van der Waals surface area (Å²) in [6, 6.07) is 14.9. The molecule has 1 aromatic heterocycles. The van der Waals surface area contributed by atoms with Crippen molar-refractivity contribution in [2.24, 2.45) is 0 Å². The number of benzene rings is 2. The average Bonchev–Trinajstić information content (AvgIpc) is 3.26. The fraction of sp³-hybridized carbons (Fsp3) is 0.459. The number of halogens is 1. The first-order valence-corrected chi connectivity index (χ1v) is 16.0. The molecule has 43 heavy (non-hydrogen) atoms. The van der Waals surface area contributed by atoms with Gasteiger partial charge in [0.15, 0.2) is 0 Å². The molecule has 0 bridgehead atoms. The predicted molar refractivity (Wildman–Crippen MR) is 170 cm³/mol. The second-order valence-electron chi connectivity index (χ2n) is 12.6. The van der Waals surface area contributed by atoms with Crippen molar-refractivity contribution in [3.63, 3.8) is 0 Å². The predicted octanol–water partition coefficient (Wildman–Crippen LogP) is 8.51. The number of esters is 1. The van der Waals surface area contributed by atoms with E-state index in [0.717, 1.165) is 78.9 Å². The summed E-state index contributed by atoms with van der Waals surface area (Å²) in [6.45, 7) is 9.47. The highest BCUT2D eigenvalue weighted by Gasteiger charge is 2.31. The molecule has 0 saturated carbocycles. The molecule has 0 N–H and O–H groups in total. The molecule has 0 aliphatic carbocycles. The lowest BCUT2D eigenvalue weighted by molar-refractivity contribution is -0.134. The minimum Gasteiger partial charge on any atom is -0.483 e. The van der Waals surface area contributed by atoms with Gasteiger partial charge in [-0.15, -0.1) is 0 Å². The molecule has 2 aliphatic rings. The maximum absolute atomic E-state index is 13.3. The summed E-state index contributed by atoms with van der Waals surface area (Å²) in [5.74, 6) is 1.08. The highest BCUT2D eigenvalue weighted by molar-refractivity contribution is 5.89. The Balaban J connectivity index is 1.37. The molecule has 3 aromatic rings. The SMILES string of the molecule is CC(CCCc1ccc(F)cc1)c1cc(OC(=O)CCCN2CCCCCC2)c2c(c1)OC(C)(C)C=C2c1ccncc1. The standard InChI is InChI=1S/C37H45FN2O3/c1-27(10-8-11-28-13-15-31(38)16-14-28)30-24-33(42-35(41)12-9-23-40-21-6-4-5-7-22-40)36-32(29-17-19-39-20-18-29)26-37(2,3)43-34(36)25-30/h13-20,24-27H,4-12,21-23H2,1-3H3. The van der Waals surface area contributed by atoms with Gasteiger partial charge >= 0.3 is 5.97 Å². The molecule has 6 heteroatoms. The summed E-state index contributed by atoms with van der Waals surface area (Å²) in [6.07, 6.45) is 14.7. The van der Waals surface area contributed by atoms with Gasteiger partial charge in [0.1, 0.15) is 22.9 Å². The van der Waals surface area contributed by atoms with E-state index in [1.807, 2.05) is 44.2 Å². The topological polar surface area (TPSA) is 51.7 Å². The van der Waals surface area contributed by atoms with Crippen LogP contribution in [0.4, 0.5) is 4.39 Å². The van der Waals surface area contributed by atoms with Crippen LogP contribution in [0.2, 0.25) is 0 Å². The van der Waals surface area contributed by atoms with Gasteiger partial charge in [-0.05, 0) is 143 Å². The zero-order chi connectivity index (χ0) is 30.2. The molecule has 5 rings (SSSR count). The van der Waals surface area contributed by atoms with Crippen LogP contribution in [0.1, 0.15) is 100 Å². The normalized spacial score (nSPS) is 17.3. The lowest BCUT2D eigenvalue weighted by Crippen LogP contribution is -2.30. The van der Waals surface area contributed by atoms with E-state index >= 15 is 0 Å². The second kappa shape index (κ2) is 14.3. The number of fused-ring (bicyclic) bond motifs is 1. The Labute approximate surface area is 256 Å². The van der Waals surface area contributed by atoms with Gasteiger partial charge in [0, 0.05) is 18.8 Å². The average molecular weight is 585 g/mol. The summed E-state index contributed by atoms with van der Waals surface area (Å²) < 4.78 is 26.0. The molecule has 1 atom stereocenters. The number of nitrogens with zero attached hydrogens (tertiary/aromatic N) is 2. The zero-order valence-corrected chi connectivity index (χ0v) is 25.9. The number of likely N-dealkylation sites (tertiary alicyclic amines) is 1. The lowest BCUT2D eigenvalue weighted by Gasteiger charge is -2.33. The van der Waals surface area contributed by atoms with E-state index in [-0.39, 0.29) is 17.7 Å². The van der Waals surface area contributed by atoms with Crippen LogP contribution in [0.3, 0.4) is 0 Å². The van der Waals surface area contributed by atoms with Crippen molar-refractivity contribution in [2.45, 2.75) is 90.1 Å². The number of hydrogen-bond donors (Lipinski definition) is 0. The third-order valence-electron chi connectivity index (χ3n) is 8.58. The van der Waals surface area contributed by atoms with Gasteiger partial charge in [-0.25, -0.2) is 4.39 Å². The zero-order valence-electron chi connectivity index (χ0n) is 25.9. The van der Waals surface area contributed by atoms with Gasteiger partial charge in [-0.3, -0.25) is 9.78 Å². The number of hydrogen-bond acceptors (Lipinski definition) is 5. The molecule has 1 fully saturated rings. The van der Waals surface area contributed by atoms with E-state index in [4.69, 9.17) is 9.47 Å². The molecule has 0 spiro atoms. The molecule has 2 aliphatic heterocycles. The van der Waals surface area contributed by atoms with E-state index < -0.39 is 5.60 Å². The first kappa shape index (κ1) is 30.9. The highest BCUT2D eigenvalue weighted by atomic mass is 19.1. The van der Waals surface area contributed by atoms with Gasteiger partial charge in [0.25, 0.3) is 0 Å². The molecule has 0 amide bonds. The Morgan fingerprint density at radius 1 is 1.02 bits per heavy atom. The van der Waals surface area contributed by atoms with Crippen LogP contribution >= 0.6 is 0 Å². The van der Waals surface area contributed by atoms with Crippen LogP contribution in [-0.2, 0) is 11.2 Å². The molecule has 0 radical (unpaired) electrons. The summed E-state index contributed by atoms with van der Waals surface area (Å²) in [7, 11) is 0. The van der Waals surface area contributed by atoms with Crippen molar-refractivity contribution < 1.29 is 18.7 Å². The summed E-state index contributed by atoms with van der Waals surface area (Å²) in [5, 5.41) is 0. The summed E-state index contributed by atoms with van der Waals surface area (Å²) >= 11 is 0. The van der Waals surface area contributed by atoms with Gasteiger partial charge in [-0.2, -0.15) is 0 Å². The Kier molecular flexibility index (Phi) is 10.3. The van der Waals surface area contributed by atoms with Gasteiger partial charge in [-0.1, -0.05) is 31.9 Å². The molecular weight excluding hydrogens is 539 g/mol. The number of ether oxygens (including phenoxy) is 2. The number of aromatic nitrogens is 1. The van der Waals surface area contributed by atoms with Crippen molar-refractivity contribution >= 4 is 11.5 Å². The fourth-order valence-electron chi connectivity index (χ4n) is 6.22. The Morgan fingerprint density at radius 3 is 2.47 bits per heavy atom. The van der Waals surface area contributed by atoms with Crippen molar-refractivity contribution in [1.29, 1.82) is 0 Å². The van der Waals surface area contributed by atoms with E-state index in [2.05, 4.69) is 29.0 Å². The largest absolute Gasteiger partial charge is 0.483 e. The molecule has 1 saturated heterocycles. The molecule has 1 unspecified atom stereocenters. The summed E-state index contributed by atoms with van der Waals surface area (Å²) in [4.78, 5) is 20.0. The molecular formula is C37H45FN2O3.